The molecule has 7 nitrogen and oxygen atoms in total. The van der Waals surface area contributed by atoms with Gasteiger partial charge in [-0.3, -0.25) is 0 Å². The van der Waals surface area contributed by atoms with Gasteiger partial charge in [0, 0.05) is 24.2 Å². The van der Waals surface area contributed by atoms with Gasteiger partial charge in [0.25, 0.3) is 0 Å². The van der Waals surface area contributed by atoms with Crippen LogP contribution in [0.3, 0.4) is 0 Å². The number of fused-ring (bicyclic) bond motifs is 5. The van der Waals surface area contributed by atoms with Crippen molar-refractivity contribution in [1.82, 2.24) is 0 Å². The van der Waals surface area contributed by atoms with Gasteiger partial charge in [-0.25, -0.2) is 0 Å². The maximum atomic E-state index is 11.8. The van der Waals surface area contributed by atoms with Crippen molar-refractivity contribution < 1.29 is 29.3 Å². The van der Waals surface area contributed by atoms with Crippen molar-refractivity contribution in [2.45, 2.75) is 82.9 Å². The first-order chi connectivity index (χ1) is 15.4. The zero-order valence-electron chi connectivity index (χ0n) is 19.5. The fraction of sp³-hybridized carbons (Fsp3) is 0.960. The highest BCUT2D eigenvalue weighted by atomic mass is 16.7. The number of rotatable bonds is 2. The van der Waals surface area contributed by atoms with E-state index in [1.165, 1.54) is 0 Å². The normalized spacial score (nSPS) is 51.6. The van der Waals surface area contributed by atoms with E-state index in [0.717, 1.165) is 44.9 Å². The molecule has 2 saturated heterocycles. The molecule has 0 unspecified atom stereocenters. The van der Waals surface area contributed by atoms with Crippen LogP contribution < -0.4 is 0 Å². The van der Waals surface area contributed by atoms with Crippen molar-refractivity contribution in [3.8, 4) is 0 Å². The maximum absolute atomic E-state index is 11.8. The summed E-state index contributed by atoms with van der Waals surface area (Å²) < 4.78 is 24.4. The highest BCUT2D eigenvalue weighted by Crippen LogP contribution is 2.69. The van der Waals surface area contributed by atoms with E-state index in [4.69, 9.17) is 18.9 Å². The van der Waals surface area contributed by atoms with Gasteiger partial charge in [-0.15, -0.1) is 5.16 Å². The Hall–Kier alpha value is -0.730. The van der Waals surface area contributed by atoms with Crippen LogP contribution in [-0.2, 0) is 18.9 Å². The van der Waals surface area contributed by atoms with Gasteiger partial charge < -0.3 is 29.3 Å². The van der Waals surface area contributed by atoms with Crippen molar-refractivity contribution in [1.29, 1.82) is 0 Å². The van der Waals surface area contributed by atoms with Gasteiger partial charge >= 0.3 is 0 Å². The second kappa shape index (κ2) is 7.38. The fourth-order valence-electron chi connectivity index (χ4n) is 9.61. The number of hydrogen-bond donors (Lipinski definition) is 2. The number of aliphatic hydroxyl groups excluding tert-OH is 1. The topological polar surface area (TPSA) is 89.7 Å². The molecular weight excluding hydrogens is 410 g/mol. The van der Waals surface area contributed by atoms with Gasteiger partial charge in [-0.2, -0.15) is 0 Å². The third-order valence-electron chi connectivity index (χ3n) is 10.8. The van der Waals surface area contributed by atoms with E-state index in [0.29, 0.717) is 50.6 Å². The van der Waals surface area contributed by atoms with Crippen molar-refractivity contribution >= 4 is 6.21 Å². The number of nitrogens with zero attached hydrogens (tertiary/aromatic N) is 1. The predicted octanol–water partition coefficient (Wildman–Crippen LogP) is 3.56. The minimum absolute atomic E-state index is 0.0910. The molecule has 7 heteroatoms. The average molecular weight is 450 g/mol. The largest absolute Gasteiger partial charge is 0.411 e. The molecule has 0 aromatic heterocycles. The smallest absolute Gasteiger partial charge is 0.169 e. The van der Waals surface area contributed by atoms with Crippen molar-refractivity contribution in [3.05, 3.63) is 0 Å². The summed E-state index contributed by atoms with van der Waals surface area (Å²) in [6.45, 7) is 7.07. The lowest BCUT2D eigenvalue weighted by Crippen LogP contribution is -2.62. The lowest BCUT2D eigenvalue weighted by molar-refractivity contribution is -0.247. The van der Waals surface area contributed by atoms with Crippen LogP contribution in [0, 0.1) is 40.4 Å². The molecule has 0 aromatic carbocycles. The lowest BCUT2D eigenvalue weighted by Gasteiger charge is -2.63. The molecule has 0 radical (unpaired) electrons. The number of aliphatic hydroxyl groups is 1. The fourth-order valence-corrected chi connectivity index (χ4v) is 9.61. The first-order valence-corrected chi connectivity index (χ1v) is 12.8. The van der Waals surface area contributed by atoms with Gasteiger partial charge in [0.05, 0.1) is 38.7 Å². The Kier molecular flexibility index (Phi) is 5.02. The van der Waals surface area contributed by atoms with Crippen LogP contribution in [0.25, 0.3) is 0 Å². The molecule has 0 aromatic rings. The molecule has 2 N–H and O–H groups in total. The molecule has 6 rings (SSSR count). The molecule has 6 aliphatic rings. The Balaban J connectivity index is 1.33. The third-order valence-corrected chi connectivity index (χ3v) is 10.8. The van der Waals surface area contributed by atoms with Gasteiger partial charge in [-0.05, 0) is 74.5 Å². The van der Waals surface area contributed by atoms with E-state index in [9.17, 15) is 10.3 Å². The summed E-state index contributed by atoms with van der Waals surface area (Å²) in [5.41, 5.74) is -0.293. The van der Waals surface area contributed by atoms with E-state index in [2.05, 4.69) is 12.1 Å². The summed E-state index contributed by atoms with van der Waals surface area (Å²) in [6, 6.07) is 0. The second-order valence-electron chi connectivity index (χ2n) is 11.9. The predicted molar refractivity (Wildman–Crippen MR) is 116 cm³/mol. The van der Waals surface area contributed by atoms with Gasteiger partial charge in [0.2, 0.25) is 0 Å². The third kappa shape index (κ3) is 2.87. The van der Waals surface area contributed by atoms with Crippen LogP contribution in [0.1, 0.15) is 65.2 Å². The summed E-state index contributed by atoms with van der Waals surface area (Å²) in [6.07, 6.45) is 9.17. The Morgan fingerprint density at radius 1 is 0.875 bits per heavy atom. The van der Waals surface area contributed by atoms with E-state index in [1.54, 1.807) is 6.21 Å². The molecule has 0 bridgehead atoms. The van der Waals surface area contributed by atoms with Gasteiger partial charge in [0.1, 0.15) is 0 Å². The summed E-state index contributed by atoms with van der Waals surface area (Å²) in [7, 11) is 0. The first-order valence-electron chi connectivity index (χ1n) is 12.8. The minimum atomic E-state index is -0.669. The second-order valence-corrected chi connectivity index (χ2v) is 11.9. The van der Waals surface area contributed by atoms with E-state index >= 15 is 0 Å². The van der Waals surface area contributed by atoms with Gasteiger partial charge in [-0.1, -0.05) is 6.92 Å². The molecule has 32 heavy (non-hydrogen) atoms. The summed E-state index contributed by atoms with van der Waals surface area (Å²) in [5.74, 6) is 0.630. The molecule has 4 saturated carbocycles. The van der Waals surface area contributed by atoms with Crippen LogP contribution in [-0.4, -0.2) is 60.6 Å². The molecule has 4 aliphatic carbocycles. The Morgan fingerprint density at radius 2 is 1.59 bits per heavy atom. The summed E-state index contributed by atoms with van der Waals surface area (Å²) in [5, 5.41) is 25.1. The van der Waals surface area contributed by atoms with Crippen molar-refractivity contribution in [2.24, 2.45) is 45.6 Å². The van der Waals surface area contributed by atoms with Crippen LogP contribution in [0.5, 0.6) is 0 Å². The van der Waals surface area contributed by atoms with E-state index in [-0.39, 0.29) is 28.5 Å². The van der Waals surface area contributed by atoms with Gasteiger partial charge in [0.15, 0.2) is 11.6 Å². The lowest BCUT2D eigenvalue weighted by atomic mass is 9.43. The average Bonchev–Trinajstić information content (AvgIpc) is 3.48. The summed E-state index contributed by atoms with van der Waals surface area (Å²) in [4.78, 5) is 0. The highest BCUT2D eigenvalue weighted by Gasteiger charge is 2.68. The monoisotopic (exact) mass is 449 g/mol. The van der Waals surface area contributed by atoms with Crippen molar-refractivity contribution in [2.75, 3.05) is 26.4 Å². The molecule has 180 valence electrons. The quantitative estimate of drug-likeness (QED) is 0.381. The molecule has 0 amide bonds. The van der Waals surface area contributed by atoms with Crippen LogP contribution >= 0.6 is 0 Å². The number of oxime groups is 1. The first kappa shape index (κ1) is 21.8. The highest BCUT2D eigenvalue weighted by molar-refractivity contribution is 5.68. The SMILES string of the molecule is CC1([C@H]2CC[C@H]3[C@@H]4CC[C@H]5CC6(CC[C@]5(C)[C@H]4[C@@H](O)C[C@]23/C=N\O)OCCO6)OCCO1. The molecular formula is C25H39NO6. The Labute approximate surface area is 190 Å². The number of hydrogen-bond acceptors (Lipinski definition) is 7. The van der Waals surface area contributed by atoms with Crippen LogP contribution in [0.2, 0.25) is 0 Å². The number of ether oxygens (including phenoxy) is 4. The standard InChI is InChI=1S/C25H39NO6/c1-22-7-8-25(31-11-12-32-25)13-16(22)3-4-17-18-5-6-20(23(2)29-9-10-30-23)24(18,15-26-28)14-19(27)21(17)22/h15-21,27-28H,3-14H2,1-2H3/b26-15-/t16-,17-,18-,19-,20+,21+,22-,24+/m0/s1. The Bertz CT molecular complexity index is 762. The zero-order chi connectivity index (χ0) is 22.2. The van der Waals surface area contributed by atoms with E-state index in [1.807, 2.05) is 6.92 Å². The molecule has 6 fully saturated rings. The Morgan fingerprint density at radius 3 is 2.31 bits per heavy atom. The molecule has 2 aliphatic heterocycles. The molecule has 1 spiro atoms. The van der Waals surface area contributed by atoms with Crippen LogP contribution in [0.4, 0.5) is 0 Å². The minimum Gasteiger partial charge on any atom is -0.411 e. The molecule has 2 heterocycles. The summed E-state index contributed by atoms with van der Waals surface area (Å²) >= 11 is 0. The van der Waals surface area contributed by atoms with Crippen molar-refractivity contribution in [3.63, 3.8) is 0 Å². The zero-order valence-corrected chi connectivity index (χ0v) is 19.5. The van der Waals surface area contributed by atoms with E-state index < -0.39 is 11.9 Å². The molecule has 8 atom stereocenters. The maximum Gasteiger partial charge on any atom is 0.169 e. The van der Waals surface area contributed by atoms with Crippen LogP contribution in [0.15, 0.2) is 5.16 Å².